The molecule has 0 aliphatic heterocycles. The second-order valence-electron chi connectivity index (χ2n) is 5.30. The van der Waals surface area contributed by atoms with Gasteiger partial charge in [-0.05, 0) is 60.3 Å². The van der Waals surface area contributed by atoms with Crippen LogP contribution in [-0.2, 0) is 16.0 Å². The predicted molar refractivity (Wildman–Crippen MR) is 82.5 cm³/mol. The van der Waals surface area contributed by atoms with Crippen molar-refractivity contribution in [3.8, 4) is 0 Å². The summed E-state index contributed by atoms with van der Waals surface area (Å²) in [4.78, 5) is 12.0. The number of hydrogen-bond acceptors (Lipinski definition) is 2. The van der Waals surface area contributed by atoms with Crippen LogP contribution in [0.3, 0.4) is 0 Å². The first-order valence-corrected chi connectivity index (χ1v) is 7.65. The highest BCUT2D eigenvalue weighted by Gasteiger charge is 2.29. The van der Waals surface area contributed by atoms with Crippen LogP contribution in [-0.4, -0.2) is 12.6 Å². The van der Waals surface area contributed by atoms with Gasteiger partial charge < -0.3 is 4.74 Å². The third-order valence-corrected chi connectivity index (χ3v) is 4.13. The van der Waals surface area contributed by atoms with Gasteiger partial charge in [-0.2, -0.15) is 0 Å². The zero-order valence-electron chi connectivity index (χ0n) is 11.6. The lowest BCUT2D eigenvalue weighted by molar-refractivity contribution is -0.154. The van der Waals surface area contributed by atoms with Crippen LogP contribution >= 0.6 is 27.5 Å². The topological polar surface area (TPSA) is 26.3 Å². The summed E-state index contributed by atoms with van der Waals surface area (Å²) in [6, 6.07) is 5.72. The Morgan fingerprint density at radius 1 is 1.42 bits per heavy atom. The van der Waals surface area contributed by atoms with E-state index in [1.54, 1.807) is 0 Å². The van der Waals surface area contributed by atoms with E-state index in [0.717, 1.165) is 22.9 Å². The minimum Gasteiger partial charge on any atom is -0.465 e. The number of halogens is 2. The normalized spacial score (nSPS) is 11.4. The van der Waals surface area contributed by atoms with E-state index in [1.807, 2.05) is 32.0 Å². The largest absolute Gasteiger partial charge is 0.465 e. The Labute approximate surface area is 128 Å². The minimum atomic E-state index is -0.527. The van der Waals surface area contributed by atoms with Crippen LogP contribution in [0.2, 0.25) is 5.02 Å². The van der Waals surface area contributed by atoms with Gasteiger partial charge >= 0.3 is 5.97 Å². The van der Waals surface area contributed by atoms with Crippen LogP contribution < -0.4 is 0 Å². The van der Waals surface area contributed by atoms with E-state index in [9.17, 15) is 4.79 Å². The van der Waals surface area contributed by atoms with Crippen molar-refractivity contribution in [2.75, 3.05) is 6.61 Å². The summed E-state index contributed by atoms with van der Waals surface area (Å²) in [7, 11) is 0. The van der Waals surface area contributed by atoms with E-state index in [-0.39, 0.29) is 5.97 Å². The Hall–Kier alpha value is -0.540. The first-order valence-electron chi connectivity index (χ1n) is 6.48. The molecule has 1 rings (SSSR count). The molecule has 106 valence electrons. The molecule has 0 unspecified atom stereocenters. The molecule has 0 N–H and O–H groups in total. The number of carbonyl (C=O) groups is 1. The fourth-order valence-electron chi connectivity index (χ4n) is 1.74. The highest BCUT2D eigenvalue weighted by atomic mass is 79.9. The highest BCUT2D eigenvalue weighted by molar-refractivity contribution is 9.10. The zero-order chi connectivity index (χ0) is 14.5. The molecule has 0 fully saturated rings. The van der Waals surface area contributed by atoms with Gasteiger partial charge in [0, 0.05) is 4.47 Å². The van der Waals surface area contributed by atoms with Crippen molar-refractivity contribution in [1.82, 2.24) is 0 Å². The summed E-state index contributed by atoms with van der Waals surface area (Å²) in [5, 5.41) is 0.673. The molecule has 1 aromatic rings. The maximum absolute atomic E-state index is 12.0. The second kappa shape index (κ2) is 7.30. The molecule has 0 amide bonds. The Kier molecular flexibility index (Phi) is 6.34. The molecule has 2 nitrogen and oxygen atoms in total. The van der Waals surface area contributed by atoms with Gasteiger partial charge in [0.05, 0.1) is 17.0 Å². The molecule has 0 atom stereocenters. The van der Waals surface area contributed by atoms with Gasteiger partial charge in [0.15, 0.2) is 0 Å². The van der Waals surface area contributed by atoms with Gasteiger partial charge in [0.1, 0.15) is 0 Å². The Balaban J connectivity index is 2.67. The van der Waals surface area contributed by atoms with E-state index in [0.29, 0.717) is 18.1 Å². The molecule has 0 aromatic heterocycles. The molecule has 0 saturated heterocycles. The predicted octanol–water partition coefficient (Wildman–Crippen LogP) is 5.01. The van der Waals surface area contributed by atoms with Gasteiger partial charge in [0.25, 0.3) is 0 Å². The maximum atomic E-state index is 12.0. The third-order valence-electron chi connectivity index (χ3n) is 2.91. The van der Waals surface area contributed by atoms with Gasteiger partial charge in [0.2, 0.25) is 0 Å². The summed E-state index contributed by atoms with van der Waals surface area (Å²) in [6.07, 6.45) is 2.57. The molecule has 19 heavy (non-hydrogen) atoms. The molecule has 0 aliphatic rings. The van der Waals surface area contributed by atoms with Crippen molar-refractivity contribution in [3.63, 3.8) is 0 Å². The molecule has 0 bridgehead atoms. The Morgan fingerprint density at radius 2 is 2.11 bits per heavy atom. The highest BCUT2D eigenvalue weighted by Crippen LogP contribution is 2.28. The standard InChI is InChI=1S/C15H20BrClO2/c1-4-5-8-19-14(18)15(2,3)10-11-6-7-13(17)12(16)9-11/h6-7,9H,4-5,8,10H2,1-3H3. The van der Waals surface area contributed by atoms with Crippen LogP contribution in [0, 0.1) is 5.41 Å². The first kappa shape index (κ1) is 16.5. The lowest BCUT2D eigenvalue weighted by Crippen LogP contribution is -2.29. The number of rotatable bonds is 6. The van der Waals surface area contributed by atoms with E-state index in [1.165, 1.54) is 0 Å². The number of carbonyl (C=O) groups excluding carboxylic acids is 1. The van der Waals surface area contributed by atoms with E-state index in [2.05, 4.69) is 22.9 Å². The molecule has 4 heteroatoms. The number of benzene rings is 1. The Morgan fingerprint density at radius 3 is 2.68 bits per heavy atom. The lowest BCUT2D eigenvalue weighted by atomic mass is 9.86. The molecule has 1 aromatic carbocycles. The fraction of sp³-hybridized carbons (Fsp3) is 0.533. The van der Waals surface area contributed by atoms with Crippen molar-refractivity contribution in [1.29, 1.82) is 0 Å². The van der Waals surface area contributed by atoms with Crippen LogP contribution in [0.25, 0.3) is 0 Å². The number of unbranched alkanes of at least 4 members (excludes halogenated alkanes) is 1. The smallest absolute Gasteiger partial charge is 0.311 e. The summed E-state index contributed by atoms with van der Waals surface area (Å²) < 4.78 is 6.15. The number of esters is 1. The van der Waals surface area contributed by atoms with Crippen molar-refractivity contribution in [2.24, 2.45) is 5.41 Å². The SMILES string of the molecule is CCCCOC(=O)C(C)(C)Cc1ccc(Cl)c(Br)c1. The average molecular weight is 348 g/mol. The van der Waals surface area contributed by atoms with E-state index in [4.69, 9.17) is 16.3 Å². The summed E-state index contributed by atoms with van der Waals surface area (Å²) >= 11 is 9.35. The third kappa shape index (κ3) is 5.15. The minimum absolute atomic E-state index is 0.146. The number of hydrogen-bond donors (Lipinski definition) is 0. The van der Waals surface area contributed by atoms with Gasteiger partial charge in [-0.3, -0.25) is 4.79 Å². The van der Waals surface area contributed by atoms with Crippen molar-refractivity contribution in [2.45, 2.75) is 40.0 Å². The lowest BCUT2D eigenvalue weighted by Gasteiger charge is -2.22. The van der Waals surface area contributed by atoms with Crippen molar-refractivity contribution < 1.29 is 9.53 Å². The summed E-state index contributed by atoms with van der Waals surface area (Å²) in [5.41, 5.74) is 0.537. The van der Waals surface area contributed by atoms with Gasteiger partial charge in [-0.15, -0.1) is 0 Å². The summed E-state index contributed by atoms with van der Waals surface area (Å²) in [5.74, 6) is -0.146. The van der Waals surface area contributed by atoms with Crippen LogP contribution in [0.1, 0.15) is 39.2 Å². The summed E-state index contributed by atoms with van der Waals surface area (Å²) in [6.45, 7) is 6.39. The van der Waals surface area contributed by atoms with E-state index >= 15 is 0 Å². The van der Waals surface area contributed by atoms with Crippen molar-refractivity contribution in [3.05, 3.63) is 33.3 Å². The quantitative estimate of drug-likeness (QED) is 0.534. The molecule has 0 spiro atoms. The monoisotopic (exact) mass is 346 g/mol. The molecule has 0 saturated carbocycles. The molecule has 0 aliphatic carbocycles. The zero-order valence-corrected chi connectivity index (χ0v) is 14.0. The van der Waals surface area contributed by atoms with Crippen LogP contribution in [0.4, 0.5) is 0 Å². The Bertz CT molecular complexity index is 444. The van der Waals surface area contributed by atoms with Crippen LogP contribution in [0.5, 0.6) is 0 Å². The van der Waals surface area contributed by atoms with Crippen molar-refractivity contribution >= 4 is 33.5 Å². The molecular formula is C15H20BrClO2. The van der Waals surface area contributed by atoms with Crippen LogP contribution in [0.15, 0.2) is 22.7 Å². The van der Waals surface area contributed by atoms with Gasteiger partial charge in [-0.1, -0.05) is 31.0 Å². The fourth-order valence-corrected chi connectivity index (χ4v) is 2.28. The molecule has 0 radical (unpaired) electrons. The maximum Gasteiger partial charge on any atom is 0.311 e. The molecular weight excluding hydrogens is 328 g/mol. The van der Waals surface area contributed by atoms with Gasteiger partial charge in [-0.25, -0.2) is 0 Å². The molecule has 0 heterocycles. The second-order valence-corrected chi connectivity index (χ2v) is 6.56. The van der Waals surface area contributed by atoms with E-state index < -0.39 is 5.41 Å². The number of ether oxygens (including phenoxy) is 1. The average Bonchev–Trinajstić information content (AvgIpc) is 2.33. The first-order chi connectivity index (χ1) is 8.86.